The van der Waals surface area contributed by atoms with Crippen LogP contribution in [0.2, 0.25) is 0 Å². The first-order valence-electron chi connectivity index (χ1n) is 8.59. The Kier molecular flexibility index (Phi) is 5.31. The first-order valence-corrected chi connectivity index (χ1v) is 8.59. The van der Waals surface area contributed by atoms with E-state index in [1.807, 2.05) is 24.3 Å². The summed E-state index contributed by atoms with van der Waals surface area (Å²) < 4.78 is 0. The highest BCUT2D eigenvalue weighted by Crippen LogP contribution is 2.29. The molecule has 0 aliphatic carbocycles. The highest BCUT2D eigenvalue weighted by molar-refractivity contribution is 6.00. The van der Waals surface area contributed by atoms with E-state index in [4.69, 9.17) is 0 Å². The van der Waals surface area contributed by atoms with Crippen molar-refractivity contribution in [3.63, 3.8) is 0 Å². The summed E-state index contributed by atoms with van der Waals surface area (Å²) in [6, 6.07) is 14.2. The Hall–Kier alpha value is -3.15. The van der Waals surface area contributed by atoms with Gasteiger partial charge in [0.15, 0.2) is 5.78 Å². The molecule has 2 aromatic rings. The van der Waals surface area contributed by atoms with Gasteiger partial charge >= 0.3 is 0 Å². The van der Waals surface area contributed by atoms with Gasteiger partial charge in [-0.3, -0.25) is 14.4 Å². The van der Waals surface area contributed by atoms with E-state index in [0.29, 0.717) is 24.2 Å². The van der Waals surface area contributed by atoms with Gasteiger partial charge in [0.1, 0.15) is 0 Å². The third kappa shape index (κ3) is 4.08. The van der Waals surface area contributed by atoms with Gasteiger partial charge < -0.3 is 15.5 Å². The summed E-state index contributed by atoms with van der Waals surface area (Å²) >= 11 is 0. The van der Waals surface area contributed by atoms with Crippen molar-refractivity contribution in [3.05, 3.63) is 54.1 Å². The van der Waals surface area contributed by atoms with Crippen molar-refractivity contribution in [2.75, 3.05) is 28.6 Å². The molecule has 2 amide bonds. The number of nitrogens with one attached hydrogen (secondary N) is 2. The first kappa shape index (κ1) is 17.7. The summed E-state index contributed by atoms with van der Waals surface area (Å²) in [6.45, 7) is 2.28. The lowest BCUT2D eigenvalue weighted by Gasteiger charge is -2.20. The largest absolute Gasteiger partial charge is 0.374 e. The maximum absolute atomic E-state index is 12.2. The van der Waals surface area contributed by atoms with Crippen LogP contribution < -0.4 is 15.5 Å². The molecular weight excluding hydrogens is 330 g/mol. The minimum absolute atomic E-state index is 0.0161. The van der Waals surface area contributed by atoms with E-state index in [1.165, 1.54) is 6.92 Å². The number of anilines is 3. The van der Waals surface area contributed by atoms with Crippen LogP contribution in [0.15, 0.2) is 48.5 Å². The summed E-state index contributed by atoms with van der Waals surface area (Å²) in [5, 5.41) is 5.88. The molecule has 2 aromatic carbocycles. The highest BCUT2D eigenvalue weighted by atomic mass is 16.2. The number of Topliss-reactive ketones (excluding diaryl/α,β-unsaturated/α-hetero) is 1. The second-order valence-electron chi connectivity index (χ2n) is 6.20. The molecule has 3 rings (SSSR count). The predicted octanol–water partition coefficient (Wildman–Crippen LogP) is 3.07. The van der Waals surface area contributed by atoms with Crippen LogP contribution in [0.3, 0.4) is 0 Å². The Balaban J connectivity index is 1.61. The van der Waals surface area contributed by atoms with Crippen molar-refractivity contribution in [3.8, 4) is 0 Å². The molecule has 6 heteroatoms. The average molecular weight is 351 g/mol. The zero-order valence-corrected chi connectivity index (χ0v) is 14.6. The summed E-state index contributed by atoms with van der Waals surface area (Å²) in [6.07, 6.45) is 1.41. The van der Waals surface area contributed by atoms with E-state index in [1.54, 1.807) is 29.2 Å². The molecule has 1 saturated heterocycles. The molecule has 0 radical (unpaired) electrons. The Morgan fingerprint density at radius 1 is 1.08 bits per heavy atom. The van der Waals surface area contributed by atoms with Gasteiger partial charge in [-0.05, 0) is 49.7 Å². The van der Waals surface area contributed by atoms with Crippen LogP contribution in [-0.4, -0.2) is 30.7 Å². The number of rotatable bonds is 6. The molecule has 0 aromatic heterocycles. The Morgan fingerprint density at radius 2 is 1.81 bits per heavy atom. The molecule has 0 spiro atoms. The number of para-hydroxylation sites is 2. The van der Waals surface area contributed by atoms with E-state index >= 15 is 0 Å². The van der Waals surface area contributed by atoms with Crippen molar-refractivity contribution in [1.82, 2.24) is 0 Å². The van der Waals surface area contributed by atoms with Gasteiger partial charge in [0.25, 0.3) is 0 Å². The molecular formula is C20H21N3O3. The fraction of sp³-hybridized carbons (Fsp3) is 0.250. The molecule has 0 unspecified atom stereocenters. The molecule has 0 atom stereocenters. The van der Waals surface area contributed by atoms with E-state index in [2.05, 4.69) is 10.6 Å². The van der Waals surface area contributed by atoms with Crippen LogP contribution in [-0.2, 0) is 9.59 Å². The number of amides is 2. The second kappa shape index (κ2) is 7.82. The van der Waals surface area contributed by atoms with Crippen molar-refractivity contribution < 1.29 is 14.4 Å². The molecule has 6 nitrogen and oxygen atoms in total. The standard InChI is InChI=1S/C20H21N3O3/c1-14(24)15-8-10-16(11-9-15)22-19(25)13-21-17-5-2-3-6-18(17)23-12-4-7-20(23)26/h2-3,5-6,8-11,21H,4,7,12-13H2,1H3,(H,22,25). The maximum Gasteiger partial charge on any atom is 0.243 e. The quantitative estimate of drug-likeness (QED) is 0.784. The van der Waals surface area contributed by atoms with E-state index in [-0.39, 0.29) is 24.1 Å². The van der Waals surface area contributed by atoms with Crippen LogP contribution in [0.5, 0.6) is 0 Å². The Labute approximate surface area is 152 Å². The molecule has 0 bridgehead atoms. The van der Waals surface area contributed by atoms with Crippen LogP contribution in [0.1, 0.15) is 30.1 Å². The lowest BCUT2D eigenvalue weighted by Crippen LogP contribution is -2.26. The first-order chi connectivity index (χ1) is 12.5. The second-order valence-corrected chi connectivity index (χ2v) is 6.20. The zero-order valence-electron chi connectivity index (χ0n) is 14.6. The summed E-state index contributed by atoms with van der Waals surface area (Å²) in [7, 11) is 0. The average Bonchev–Trinajstić information content (AvgIpc) is 3.06. The molecule has 1 aliphatic rings. The van der Waals surface area contributed by atoms with E-state index in [9.17, 15) is 14.4 Å². The number of carbonyl (C=O) groups excluding carboxylic acids is 3. The summed E-state index contributed by atoms with van der Waals surface area (Å²) in [5.41, 5.74) is 2.79. The number of hydrogen-bond acceptors (Lipinski definition) is 4. The van der Waals surface area contributed by atoms with Crippen molar-refractivity contribution >= 4 is 34.7 Å². The van der Waals surface area contributed by atoms with Gasteiger partial charge in [-0.25, -0.2) is 0 Å². The minimum atomic E-state index is -0.205. The molecule has 26 heavy (non-hydrogen) atoms. The van der Waals surface area contributed by atoms with Crippen molar-refractivity contribution in [2.24, 2.45) is 0 Å². The lowest BCUT2D eigenvalue weighted by molar-refractivity contribution is -0.117. The molecule has 1 aliphatic heterocycles. The van der Waals surface area contributed by atoms with Crippen molar-refractivity contribution in [2.45, 2.75) is 19.8 Å². The van der Waals surface area contributed by atoms with Crippen LogP contribution in [0.4, 0.5) is 17.1 Å². The number of carbonyl (C=O) groups is 3. The van der Waals surface area contributed by atoms with Crippen LogP contribution >= 0.6 is 0 Å². The third-order valence-electron chi connectivity index (χ3n) is 4.28. The highest BCUT2D eigenvalue weighted by Gasteiger charge is 2.23. The minimum Gasteiger partial charge on any atom is -0.374 e. The Bertz CT molecular complexity index is 830. The lowest BCUT2D eigenvalue weighted by atomic mass is 10.1. The summed E-state index contributed by atoms with van der Waals surface area (Å²) in [5.74, 6) is -0.116. The number of ketones is 1. The molecule has 0 saturated carbocycles. The van der Waals surface area contributed by atoms with Gasteiger partial charge in [-0.15, -0.1) is 0 Å². The van der Waals surface area contributed by atoms with Crippen LogP contribution in [0.25, 0.3) is 0 Å². The number of hydrogen-bond donors (Lipinski definition) is 2. The third-order valence-corrected chi connectivity index (χ3v) is 4.28. The van der Waals surface area contributed by atoms with Gasteiger partial charge in [-0.2, -0.15) is 0 Å². The normalized spacial score (nSPS) is 13.6. The SMILES string of the molecule is CC(=O)c1ccc(NC(=O)CNc2ccccc2N2CCCC2=O)cc1. The molecule has 1 fully saturated rings. The predicted molar refractivity (Wildman–Crippen MR) is 102 cm³/mol. The number of benzene rings is 2. The molecule has 2 N–H and O–H groups in total. The van der Waals surface area contributed by atoms with Gasteiger partial charge in [0.2, 0.25) is 11.8 Å². The Morgan fingerprint density at radius 3 is 2.46 bits per heavy atom. The van der Waals surface area contributed by atoms with Gasteiger partial charge in [0.05, 0.1) is 17.9 Å². The molecule has 1 heterocycles. The summed E-state index contributed by atoms with van der Waals surface area (Å²) in [4.78, 5) is 37.2. The maximum atomic E-state index is 12.2. The van der Waals surface area contributed by atoms with Gasteiger partial charge in [-0.1, -0.05) is 12.1 Å². The van der Waals surface area contributed by atoms with Gasteiger partial charge in [0, 0.05) is 24.2 Å². The molecule has 134 valence electrons. The monoisotopic (exact) mass is 351 g/mol. The zero-order chi connectivity index (χ0) is 18.5. The van der Waals surface area contributed by atoms with Crippen LogP contribution in [0, 0.1) is 0 Å². The van der Waals surface area contributed by atoms with Crippen molar-refractivity contribution in [1.29, 1.82) is 0 Å². The fourth-order valence-corrected chi connectivity index (χ4v) is 2.93. The van der Waals surface area contributed by atoms with E-state index in [0.717, 1.165) is 17.8 Å². The smallest absolute Gasteiger partial charge is 0.243 e. The topological polar surface area (TPSA) is 78.5 Å². The number of nitrogens with zero attached hydrogens (tertiary/aromatic N) is 1. The fourth-order valence-electron chi connectivity index (χ4n) is 2.93. The van der Waals surface area contributed by atoms with E-state index < -0.39 is 0 Å².